The highest BCUT2D eigenvalue weighted by Gasteiger charge is 1.97. The lowest BCUT2D eigenvalue weighted by Crippen LogP contribution is -1.93. The second-order valence-electron chi connectivity index (χ2n) is 7.00. The number of hydrogen-bond donors (Lipinski definition) is 2. The van der Waals surface area contributed by atoms with Crippen LogP contribution in [0.1, 0.15) is 109 Å². The van der Waals surface area contributed by atoms with Crippen LogP contribution in [-0.2, 0) is 9.59 Å². The van der Waals surface area contributed by atoms with Crippen molar-refractivity contribution in [3.05, 3.63) is 12.7 Å². The van der Waals surface area contributed by atoms with Gasteiger partial charge in [-0.1, -0.05) is 86.2 Å². The number of carboxylic acids is 2. The molecule has 0 saturated carbocycles. The molecule has 0 radical (unpaired) electrons. The van der Waals surface area contributed by atoms with Crippen molar-refractivity contribution >= 4 is 27.9 Å². The summed E-state index contributed by atoms with van der Waals surface area (Å²) in [5.74, 6) is -1.34. The van der Waals surface area contributed by atoms with Gasteiger partial charge >= 0.3 is 11.9 Å². The number of carbonyl (C=O) groups is 2. The number of aliphatic carboxylic acids is 2. The Bertz CT molecular complexity index is 345. The smallest absolute Gasteiger partial charge is 0.303 e. The molecule has 0 amide bonds. The zero-order valence-corrected chi connectivity index (χ0v) is 18.7. The van der Waals surface area contributed by atoms with Gasteiger partial charge in [0.05, 0.1) is 0 Å². The Kier molecular flexibility index (Phi) is 26.4. The molecule has 160 valence electrons. The average molecular weight is 449 g/mol. The van der Waals surface area contributed by atoms with Crippen molar-refractivity contribution < 1.29 is 19.8 Å². The van der Waals surface area contributed by atoms with E-state index in [2.05, 4.69) is 22.5 Å². The van der Waals surface area contributed by atoms with Crippen molar-refractivity contribution in [1.82, 2.24) is 0 Å². The third-order valence-corrected chi connectivity index (χ3v) is 4.88. The molecule has 5 heteroatoms. The summed E-state index contributed by atoms with van der Waals surface area (Å²) in [5, 5.41) is 17.9. The maximum absolute atomic E-state index is 10.2. The highest BCUT2D eigenvalue weighted by Crippen LogP contribution is 2.10. The van der Waals surface area contributed by atoms with E-state index in [1.807, 2.05) is 6.08 Å². The van der Waals surface area contributed by atoms with Crippen molar-refractivity contribution in [1.29, 1.82) is 0 Å². The van der Waals surface area contributed by atoms with Gasteiger partial charge in [-0.2, -0.15) is 0 Å². The maximum atomic E-state index is 10.2. The standard InChI is InChI=1S/C11H21BrO2.C11H20O2/c12-10-8-6-4-2-1-3-5-7-9-11(13)14;1-2-3-4-5-6-7-8-9-10-11(12)13/h1-10H2,(H,13,14);2H,1,3-10H2,(H,12,13). The molecule has 0 rings (SSSR count). The van der Waals surface area contributed by atoms with Gasteiger partial charge in [-0.25, -0.2) is 0 Å². The van der Waals surface area contributed by atoms with Crippen LogP contribution in [0.15, 0.2) is 12.7 Å². The van der Waals surface area contributed by atoms with E-state index in [1.54, 1.807) is 0 Å². The average Bonchev–Trinajstić information content (AvgIpc) is 2.62. The molecule has 0 aliphatic carbocycles. The van der Waals surface area contributed by atoms with Crippen molar-refractivity contribution in [2.24, 2.45) is 0 Å². The van der Waals surface area contributed by atoms with Gasteiger partial charge in [-0.05, 0) is 32.1 Å². The van der Waals surface area contributed by atoms with Gasteiger partial charge in [0.25, 0.3) is 0 Å². The highest BCUT2D eigenvalue weighted by molar-refractivity contribution is 9.09. The first-order valence-corrected chi connectivity index (χ1v) is 11.8. The van der Waals surface area contributed by atoms with Crippen molar-refractivity contribution in [2.45, 2.75) is 109 Å². The largest absolute Gasteiger partial charge is 0.481 e. The second kappa shape index (κ2) is 25.2. The molecule has 0 bridgehead atoms. The van der Waals surface area contributed by atoms with Crippen LogP contribution >= 0.6 is 15.9 Å². The van der Waals surface area contributed by atoms with Gasteiger partial charge < -0.3 is 10.2 Å². The first-order valence-electron chi connectivity index (χ1n) is 10.6. The van der Waals surface area contributed by atoms with Crippen LogP contribution in [0, 0.1) is 0 Å². The Morgan fingerprint density at radius 2 is 0.963 bits per heavy atom. The lowest BCUT2D eigenvalue weighted by atomic mass is 10.1. The fraction of sp³-hybridized carbons (Fsp3) is 0.818. The van der Waals surface area contributed by atoms with Crippen molar-refractivity contribution in [3.8, 4) is 0 Å². The summed E-state index contributed by atoms with van der Waals surface area (Å²) < 4.78 is 0. The lowest BCUT2D eigenvalue weighted by Gasteiger charge is -2.00. The van der Waals surface area contributed by atoms with E-state index in [0.717, 1.165) is 37.4 Å². The third kappa shape index (κ3) is 33.2. The van der Waals surface area contributed by atoms with Crippen LogP contribution in [0.25, 0.3) is 0 Å². The van der Waals surface area contributed by atoms with Crippen LogP contribution in [0.2, 0.25) is 0 Å². The molecule has 0 aromatic rings. The molecule has 0 aromatic heterocycles. The Hall–Kier alpha value is -0.840. The molecule has 0 aromatic carbocycles. The summed E-state index contributed by atoms with van der Waals surface area (Å²) in [6.45, 7) is 3.66. The zero-order chi connectivity index (χ0) is 20.6. The number of allylic oxidation sites excluding steroid dienone is 1. The fourth-order valence-electron chi connectivity index (χ4n) is 2.70. The zero-order valence-electron chi connectivity index (χ0n) is 17.1. The van der Waals surface area contributed by atoms with E-state index in [-0.39, 0.29) is 0 Å². The molecule has 4 nitrogen and oxygen atoms in total. The molecular formula is C22H41BrO4. The molecule has 0 saturated heterocycles. The number of unbranched alkanes of at least 4 members (excludes halogenated alkanes) is 13. The summed E-state index contributed by atoms with van der Waals surface area (Å²) in [5.41, 5.74) is 0. The van der Waals surface area contributed by atoms with Crippen LogP contribution < -0.4 is 0 Å². The van der Waals surface area contributed by atoms with Gasteiger partial charge in [-0.15, -0.1) is 6.58 Å². The third-order valence-electron chi connectivity index (χ3n) is 4.32. The van der Waals surface area contributed by atoms with Gasteiger partial charge in [0.1, 0.15) is 0 Å². The van der Waals surface area contributed by atoms with Crippen LogP contribution in [0.5, 0.6) is 0 Å². The Labute approximate surface area is 174 Å². The second-order valence-corrected chi connectivity index (χ2v) is 7.80. The van der Waals surface area contributed by atoms with E-state index >= 15 is 0 Å². The van der Waals surface area contributed by atoms with E-state index in [1.165, 1.54) is 64.2 Å². The lowest BCUT2D eigenvalue weighted by molar-refractivity contribution is -0.138. The number of hydrogen-bond acceptors (Lipinski definition) is 2. The predicted molar refractivity (Wildman–Crippen MR) is 118 cm³/mol. The van der Waals surface area contributed by atoms with E-state index in [0.29, 0.717) is 12.8 Å². The first-order chi connectivity index (χ1) is 13.0. The van der Waals surface area contributed by atoms with Gasteiger partial charge in [-0.3, -0.25) is 9.59 Å². The molecule has 0 aliphatic rings. The van der Waals surface area contributed by atoms with Gasteiger partial charge in [0.15, 0.2) is 0 Å². The van der Waals surface area contributed by atoms with E-state index in [9.17, 15) is 9.59 Å². The number of rotatable bonds is 19. The Balaban J connectivity index is 0. The van der Waals surface area contributed by atoms with E-state index < -0.39 is 11.9 Å². The predicted octanol–water partition coefficient (Wildman–Crippen LogP) is 7.35. The SMILES string of the molecule is C=CCCCCCCCCC(=O)O.O=C(O)CCCCCCCCCCBr. The maximum Gasteiger partial charge on any atom is 0.303 e. The minimum absolute atomic E-state index is 0.326. The molecule has 27 heavy (non-hydrogen) atoms. The van der Waals surface area contributed by atoms with Crippen molar-refractivity contribution in [3.63, 3.8) is 0 Å². The quantitative estimate of drug-likeness (QED) is 0.123. The summed E-state index contributed by atoms with van der Waals surface area (Å²) >= 11 is 3.41. The normalized spacial score (nSPS) is 10.1. The Morgan fingerprint density at radius 3 is 1.30 bits per heavy atom. The molecule has 0 atom stereocenters. The summed E-state index contributed by atoms with van der Waals surface area (Å²) in [6.07, 6.45) is 20.1. The molecule has 0 unspecified atom stereocenters. The van der Waals surface area contributed by atoms with E-state index in [4.69, 9.17) is 10.2 Å². The number of halogens is 1. The van der Waals surface area contributed by atoms with Crippen LogP contribution in [-0.4, -0.2) is 27.5 Å². The molecule has 2 N–H and O–H groups in total. The monoisotopic (exact) mass is 448 g/mol. The number of carboxylic acid groups (broad SMARTS) is 2. The molecule has 0 fully saturated rings. The minimum Gasteiger partial charge on any atom is -0.481 e. The van der Waals surface area contributed by atoms with Gasteiger partial charge in [0, 0.05) is 18.2 Å². The topological polar surface area (TPSA) is 74.6 Å². The summed E-state index contributed by atoms with van der Waals surface area (Å²) in [7, 11) is 0. The number of alkyl halides is 1. The summed E-state index contributed by atoms with van der Waals surface area (Å²) in [4.78, 5) is 20.4. The molecule has 0 heterocycles. The molecule has 0 spiro atoms. The van der Waals surface area contributed by atoms with Crippen LogP contribution in [0.4, 0.5) is 0 Å². The Morgan fingerprint density at radius 1 is 0.630 bits per heavy atom. The summed E-state index contributed by atoms with van der Waals surface area (Å²) in [6, 6.07) is 0. The highest BCUT2D eigenvalue weighted by atomic mass is 79.9. The molecular weight excluding hydrogens is 408 g/mol. The van der Waals surface area contributed by atoms with Gasteiger partial charge in [0.2, 0.25) is 0 Å². The van der Waals surface area contributed by atoms with Crippen molar-refractivity contribution in [2.75, 3.05) is 5.33 Å². The minimum atomic E-state index is -0.674. The first kappa shape index (κ1) is 28.4. The molecule has 0 aliphatic heterocycles. The fourth-order valence-corrected chi connectivity index (χ4v) is 3.10. The van der Waals surface area contributed by atoms with Crippen LogP contribution in [0.3, 0.4) is 0 Å².